The van der Waals surface area contributed by atoms with Gasteiger partial charge in [0.25, 0.3) is 0 Å². The predicted molar refractivity (Wildman–Crippen MR) is 59.0 cm³/mol. The van der Waals surface area contributed by atoms with Crippen molar-refractivity contribution < 1.29 is 22.7 Å². The summed E-state index contributed by atoms with van der Waals surface area (Å²) in [6.07, 6.45) is -4.79. The summed E-state index contributed by atoms with van der Waals surface area (Å²) < 4.78 is 43.8. The van der Waals surface area contributed by atoms with Crippen LogP contribution in [0, 0.1) is 0 Å². The average molecular weight is 294 g/mol. The number of aromatic nitrogens is 3. The summed E-state index contributed by atoms with van der Waals surface area (Å²) in [7, 11) is 0. The molecule has 0 aliphatic heterocycles. The van der Waals surface area contributed by atoms with Gasteiger partial charge in [0.05, 0.1) is 6.61 Å². The van der Waals surface area contributed by atoms with E-state index in [4.69, 9.17) is 11.6 Å². The number of nitrogens with zero attached hydrogens (tertiary/aromatic N) is 3. The second-order valence-electron chi connectivity index (χ2n) is 3.45. The molecule has 0 spiro atoms. The molecule has 0 fully saturated rings. The van der Waals surface area contributed by atoms with Gasteiger partial charge in [0.1, 0.15) is 5.15 Å². The highest BCUT2D eigenvalue weighted by Gasteiger charge is 2.41. The van der Waals surface area contributed by atoms with Crippen LogP contribution in [-0.4, -0.2) is 27.2 Å². The van der Waals surface area contributed by atoms with Crippen LogP contribution in [0.3, 0.4) is 0 Å². The lowest BCUT2D eigenvalue weighted by molar-refractivity contribution is -0.141. The maximum absolute atomic E-state index is 12.8. The van der Waals surface area contributed by atoms with E-state index in [1.807, 2.05) is 0 Å². The average Bonchev–Trinajstić information content (AvgIpc) is 2.67. The maximum atomic E-state index is 12.8. The van der Waals surface area contributed by atoms with Crippen LogP contribution in [0.25, 0.3) is 5.65 Å². The largest absolute Gasteiger partial charge is 0.461 e. The molecule has 0 radical (unpaired) electrons. The molecule has 0 saturated carbocycles. The summed E-state index contributed by atoms with van der Waals surface area (Å²) in [6.45, 7) is 1.42. The summed E-state index contributed by atoms with van der Waals surface area (Å²) in [5.41, 5.74) is -2.27. The molecule has 0 bridgehead atoms. The lowest BCUT2D eigenvalue weighted by Crippen LogP contribution is -2.17. The first-order chi connectivity index (χ1) is 8.84. The van der Waals surface area contributed by atoms with E-state index in [2.05, 4.69) is 14.8 Å². The van der Waals surface area contributed by atoms with Crippen molar-refractivity contribution in [2.24, 2.45) is 0 Å². The van der Waals surface area contributed by atoms with Gasteiger partial charge in [0.2, 0.25) is 0 Å². The number of hydrogen-bond acceptors (Lipinski definition) is 4. The number of esters is 1. The van der Waals surface area contributed by atoms with E-state index < -0.39 is 23.5 Å². The fourth-order valence-electron chi connectivity index (χ4n) is 1.49. The molecule has 5 nitrogen and oxygen atoms in total. The monoisotopic (exact) mass is 293 g/mol. The van der Waals surface area contributed by atoms with E-state index in [-0.39, 0.29) is 17.4 Å². The van der Waals surface area contributed by atoms with Crippen molar-refractivity contribution in [3.63, 3.8) is 0 Å². The van der Waals surface area contributed by atoms with Gasteiger partial charge in [-0.25, -0.2) is 14.3 Å². The van der Waals surface area contributed by atoms with Gasteiger partial charge in [0, 0.05) is 0 Å². The van der Waals surface area contributed by atoms with Gasteiger partial charge >= 0.3 is 12.1 Å². The summed E-state index contributed by atoms with van der Waals surface area (Å²) in [5, 5.41) is 3.57. The zero-order chi connectivity index (χ0) is 14.2. The molecule has 2 rings (SSSR count). The van der Waals surface area contributed by atoms with Crippen LogP contribution in [0.5, 0.6) is 0 Å². The van der Waals surface area contributed by atoms with Crippen LogP contribution in [0.4, 0.5) is 13.2 Å². The molecule has 2 heterocycles. The third kappa shape index (κ3) is 2.48. The van der Waals surface area contributed by atoms with Crippen LogP contribution in [0.1, 0.15) is 23.1 Å². The fourth-order valence-corrected chi connectivity index (χ4v) is 1.63. The molecule has 2 aromatic rings. The van der Waals surface area contributed by atoms with E-state index in [9.17, 15) is 18.0 Å². The number of hydrogen-bond donors (Lipinski definition) is 0. The Morgan fingerprint density at radius 1 is 1.47 bits per heavy atom. The first kappa shape index (κ1) is 13.6. The Hall–Kier alpha value is -1.83. The molecule has 0 saturated heterocycles. The van der Waals surface area contributed by atoms with E-state index in [0.717, 1.165) is 4.52 Å². The van der Waals surface area contributed by atoms with Gasteiger partial charge in [-0.2, -0.15) is 18.3 Å². The molecule has 19 heavy (non-hydrogen) atoms. The second-order valence-corrected chi connectivity index (χ2v) is 3.84. The van der Waals surface area contributed by atoms with E-state index in [0.29, 0.717) is 0 Å². The normalized spacial score (nSPS) is 11.8. The van der Waals surface area contributed by atoms with E-state index in [1.165, 1.54) is 19.1 Å². The summed E-state index contributed by atoms with van der Waals surface area (Å²) in [4.78, 5) is 15.0. The van der Waals surface area contributed by atoms with E-state index in [1.54, 1.807) is 0 Å². The Morgan fingerprint density at radius 2 is 2.16 bits per heavy atom. The van der Waals surface area contributed by atoms with Gasteiger partial charge in [-0.3, -0.25) is 0 Å². The molecule has 9 heteroatoms. The number of carbonyl (C=O) groups excluding carboxylic acids is 1. The number of ether oxygens (including phenoxy) is 1. The predicted octanol–water partition coefficient (Wildman–Crippen LogP) is 2.58. The highest BCUT2D eigenvalue weighted by atomic mass is 35.5. The fraction of sp³-hybridized carbons (Fsp3) is 0.300. The lowest BCUT2D eigenvalue weighted by Gasteiger charge is -2.06. The van der Waals surface area contributed by atoms with Crippen LogP contribution in [-0.2, 0) is 10.9 Å². The van der Waals surface area contributed by atoms with Crippen molar-refractivity contribution >= 4 is 23.2 Å². The summed E-state index contributed by atoms with van der Waals surface area (Å²) in [6, 6.07) is 2.51. The minimum Gasteiger partial charge on any atom is -0.461 e. The zero-order valence-electron chi connectivity index (χ0n) is 9.53. The molecule has 0 aliphatic rings. The Morgan fingerprint density at radius 3 is 2.74 bits per heavy atom. The van der Waals surface area contributed by atoms with Gasteiger partial charge < -0.3 is 4.74 Å². The quantitative estimate of drug-likeness (QED) is 0.799. The number of fused-ring (bicyclic) bond motifs is 1. The van der Waals surface area contributed by atoms with Crippen molar-refractivity contribution in [1.29, 1.82) is 0 Å². The summed E-state index contributed by atoms with van der Waals surface area (Å²) in [5.74, 6) is -1.16. The summed E-state index contributed by atoms with van der Waals surface area (Å²) >= 11 is 5.60. The Labute approximate surface area is 109 Å². The van der Waals surface area contributed by atoms with Gasteiger partial charge in [-0.1, -0.05) is 11.6 Å². The van der Waals surface area contributed by atoms with Gasteiger partial charge in [-0.05, 0) is 19.1 Å². The third-order valence-electron chi connectivity index (χ3n) is 2.18. The smallest absolute Gasteiger partial charge is 0.435 e. The first-order valence-electron chi connectivity index (χ1n) is 5.14. The molecule has 0 unspecified atom stereocenters. The molecule has 0 aliphatic carbocycles. The van der Waals surface area contributed by atoms with Crippen molar-refractivity contribution in [3.8, 4) is 0 Å². The maximum Gasteiger partial charge on any atom is 0.435 e. The molecule has 0 amide bonds. The molecular formula is C10H7ClF3N3O2. The van der Waals surface area contributed by atoms with Crippen LogP contribution in [0.2, 0.25) is 5.15 Å². The molecule has 0 N–H and O–H groups in total. The Bertz CT molecular complexity index is 639. The molecule has 0 atom stereocenters. The van der Waals surface area contributed by atoms with E-state index >= 15 is 0 Å². The number of halogens is 4. The topological polar surface area (TPSA) is 56.5 Å². The number of alkyl halides is 3. The van der Waals surface area contributed by atoms with Crippen molar-refractivity contribution in [2.45, 2.75) is 13.1 Å². The lowest BCUT2D eigenvalue weighted by atomic mass is 10.3. The SMILES string of the molecule is CCOC(=O)c1c(C(F)(F)F)nc2ccc(Cl)nn12. The Balaban J connectivity index is 2.74. The van der Waals surface area contributed by atoms with Crippen LogP contribution in [0.15, 0.2) is 12.1 Å². The molecule has 102 valence electrons. The number of carbonyl (C=O) groups is 1. The molecule has 2 aromatic heterocycles. The number of imidazole rings is 1. The molecule has 0 aromatic carbocycles. The standard InChI is InChI=1S/C10H7ClF3N3O2/c1-2-19-9(18)7-8(10(12,13)14)15-6-4-3-5(11)16-17(6)7/h3-4H,2H2,1H3. The zero-order valence-corrected chi connectivity index (χ0v) is 10.3. The highest BCUT2D eigenvalue weighted by molar-refractivity contribution is 6.29. The first-order valence-corrected chi connectivity index (χ1v) is 5.52. The van der Waals surface area contributed by atoms with Gasteiger partial charge in [0.15, 0.2) is 17.0 Å². The minimum atomic E-state index is -4.79. The van der Waals surface area contributed by atoms with Gasteiger partial charge in [-0.15, -0.1) is 0 Å². The van der Waals surface area contributed by atoms with Crippen molar-refractivity contribution in [2.75, 3.05) is 6.61 Å². The molecular weight excluding hydrogens is 287 g/mol. The Kier molecular flexibility index (Phi) is 3.36. The number of rotatable bonds is 2. The highest BCUT2D eigenvalue weighted by Crippen LogP contribution is 2.32. The van der Waals surface area contributed by atoms with Crippen molar-refractivity contribution in [1.82, 2.24) is 14.6 Å². The van der Waals surface area contributed by atoms with Crippen LogP contribution >= 0.6 is 11.6 Å². The van der Waals surface area contributed by atoms with Crippen LogP contribution < -0.4 is 0 Å². The minimum absolute atomic E-state index is 0.0655. The van der Waals surface area contributed by atoms with Crippen molar-refractivity contribution in [3.05, 3.63) is 28.7 Å². The second kappa shape index (κ2) is 4.69. The third-order valence-corrected chi connectivity index (χ3v) is 2.38.